The maximum absolute atomic E-state index is 10.2. The van der Waals surface area contributed by atoms with Crippen molar-refractivity contribution in [3.63, 3.8) is 0 Å². The Morgan fingerprint density at radius 3 is 2.91 bits per heavy atom. The van der Waals surface area contributed by atoms with E-state index in [1.165, 1.54) is 12.3 Å². The average Bonchev–Trinajstić information content (AvgIpc) is 1.85. The Kier molecular flexibility index (Phi) is 2.68. The molecule has 0 unspecified atom stereocenters. The molecule has 11 heavy (non-hydrogen) atoms. The number of nitrogens with zero attached hydrogens (tertiary/aromatic N) is 1. The van der Waals surface area contributed by atoms with Gasteiger partial charge in [-0.2, -0.15) is 0 Å². The number of hydrogen-bond donors (Lipinski definition) is 0. The molecule has 0 saturated heterocycles. The molecule has 0 radical (unpaired) electrons. The summed E-state index contributed by atoms with van der Waals surface area (Å²) in [5.74, 6) is 0.0949. The molecule has 0 fully saturated rings. The van der Waals surface area contributed by atoms with Crippen molar-refractivity contribution in [3.05, 3.63) is 23.4 Å². The summed E-state index contributed by atoms with van der Waals surface area (Å²) in [5, 5.41) is 0.438. The number of carbonyl (C=O) groups is 1. The second-order valence-corrected chi connectivity index (χ2v) is 2.40. The lowest BCUT2D eigenvalue weighted by atomic mass is 10.5. The van der Waals surface area contributed by atoms with E-state index in [1.807, 2.05) is 0 Å². The number of hydrogen-bond acceptors (Lipinski definition) is 3. The first-order valence-corrected chi connectivity index (χ1v) is 3.43. The van der Waals surface area contributed by atoms with Gasteiger partial charge in [0.2, 0.25) is 5.88 Å². The molecule has 1 rings (SSSR count). The first-order valence-electron chi connectivity index (χ1n) is 2.67. The van der Waals surface area contributed by atoms with E-state index in [-0.39, 0.29) is 5.88 Å². The van der Waals surface area contributed by atoms with Gasteiger partial charge in [0.25, 0.3) is 0 Å². The Bertz CT molecular complexity index is 277. The predicted octanol–water partition coefficient (Wildman–Crippen LogP) is 2.47. The Morgan fingerprint density at radius 1 is 1.64 bits per heavy atom. The fraction of sp³-hybridized carbons (Fsp3) is 0. The van der Waals surface area contributed by atoms with Crippen LogP contribution in [0.3, 0.4) is 0 Å². The first kappa shape index (κ1) is 8.30. The lowest BCUT2D eigenvalue weighted by Crippen LogP contribution is -1.97. The predicted molar refractivity (Wildman–Crippen MR) is 41.1 cm³/mol. The summed E-state index contributed by atoms with van der Waals surface area (Å²) in [5.41, 5.74) is -0.931. The van der Waals surface area contributed by atoms with Crippen LogP contribution < -0.4 is 4.74 Å². The highest BCUT2D eigenvalue weighted by molar-refractivity contribution is 6.61. The van der Waals surface area contributed by atoms with Crippen LogP contribution in [0.1, 0.15) is 0 Å². The standard InChI is InChI=1S/C6H3Cl2NO2/c7-4-1-2-9-5(3-4)11-6(8)10/h1-3H. The van der Waals surface area contributed by atoms with Gasteiger partial charge in [-0.05, 0) is 6.07 Å². The number of pyridine rings is 1. The molecule has 0 aliphatic rings. The van der Waals surface area contributed by atoms with E-state index in [9.17, 15) is 4.79 Å². The molecule has 1 aromatic rings. The minimum Gasteiger partial charge on any atom is -0.395 e. The molecule has 0 aliphatic heterocycles. The second-order valence-electron chi connectivity index (χ2n) is 1.65. The number of rotatable bonds is 1. The van der Waals surface area contributed by atoms with Crippen LogP contribution in [0.5, 0.6) is 5.88 Å². The van der Waals surface area contributed by atoms with Crippen molar-refractivity contribution in [1.82, 2.24) is 4.98 Å². The van der Waals surface area contributed by atoms with Crippen molar-refractivity contribution < 1.29 is 9.53 Å². The van der Waals surface area contributed by atoms with Crippen LogP contribution in [0.2, 0.25) is 5.02 Å². The summed E-state index contributed by atoms with van der Waals surface area (Å²) >= 11 is 10.5. The van der Waals surface area contributed by atoms with Gasteiger partial charge in [-0.25, -0.2) is 9.78 Å². The highest BCUT2D eigenvalue weighted by Crippen LogP contribution is 2.14. The molecule has 0 atom stereocenters. The quantitative estimate of drug-likeness (QED) is 0.641. The van der Waals surface area contributed by atoms with Gasteiger partial charge < -0.3 is 4.74 Å². The number of ether oxygens (including phenoxy) is 1. The zero-order chi connectivity index (χ0) is 8.27. The van der Waals surface area contributed by atoms with E-state index in [4.69, 9.17) is 23.2 Å². The van der Waals surface area contributed by atoms with E-state index in [1.54, 1.807) is 6.07 Å². The Morgan fingerprint density at radius 2 is 2.36 bits per heavy atom. The highest BCUT2D eigenvalue weighted by atomic mass is 35.5. The minimum atomic E-state index is -0.931. The summed E-state index contributed by atoms with van der Waals surface area (Å²) in [6.45, 7) is 0. The summed E-state index contributed by atoms with van der Waals surface area (Å²) in [6, 6.07) is 2.95. The molecule has 0 saturated carbocycles. The van der Waals surface area contributed by atoms with Crippen LogP contribution >= 0.6 is 23.2 Å². The molecule has 3 nitrogen and oxygen atoms in total. The van der Waals surface area contributed by atoms with Gasteiger partial charge >= 0.3 is 5.43 Å². The molecule has 0 bridgehead atoms. The van der Waals surface area contributed by atoms with Crippen molar-refractivity contribution in [2.75, 3.05) is 0 Å². The fourth-order valence-corrected chi connectivity index (χ4v) is 0.752. The highest BCUT2D eigenvalue weighted by Gasteiger charge is 2.00. The largest absolute Gasteiger partial charge is 0.410 e. The van der Waals surface area contributed by atoms with Crippen LogP contribution in [0, 0.1) is 0 Å². The van der Waals surface area contributed by atoms with Crippen molar-refractivity contribution in [2.45, 2.75) is 0 Å². The SMILES string of the molecule is O=C(Cl)Oc1cc(Cl)ccn1. The van der Waals surface area contributed by atoms with Crippen LogP contribution in [-0.2, 0) is 0 Å². The van der Waals surface area contributed by atoms with Gasteiger partial charge in [0, 0.05) is 28.9 Å². The summed E-state index contributed by atoms with van der Waals surface area (Å²) in [7, 11) is 0. The van der Waals surface area contributed by atoms with E-state index in [2.05, 4.69) is 9.72 Å². The van der Waals surface area contributed by atoms with Crippen molar-refractivity contribution in [3.8, 4) is 5.88 Å². The zero-order valence-corrected chi connectivity index (χ0v) is 6.76. The van der Waals surface area contributed by atoms with Crippen LogP contribution in [0.15, 0.2) is 18.3 Å². The normalized spacial score (nSPS) is 9.27. The van der Waals surface area contributed by atoms with E-state index >= 15 is 0 Å². The lowest BCUT2D eigenvalue weighted by molar-refractivity contribution is 0.224. The molecule has 58 valence electrons. The smallest absolute Gasteiger partial charge is 0.395 e. The molecule has 0 N–H and O–H groups in total. The lowest BCUT2D eigenvalue weighted by Gasteiger charge is -1.96. The maximum Gasteiger partial charge on any atom is 0.410 e. The molecular weight excluding hydrogens is 189 g/mol. The molecule has 1 aromatic heterocycles. The monoisotopic (exact) mass is 191 g/mol. The molecule has 0 aromatic carbocycles. The summed E-state index contributed by atoms with van der Waals surface area (Å²) < 4.78 is 4.43. The topological polar surface area (TPSA) is 39.2 Å². The van der Waals surface area contributed by atoms with Gasteiger partial charge in [-0.3, -0.25) is 0 Å². The molecule has 5 heteroatoms. The summed E-state index contributed by atoms with van der Waals surface area (Å²) in [4.78, 5) is 13.9. The summed E-state index contributed by atoms with van der Waals surface area (Å²) in [6.07, 6.45) is 1.41. The van der Waals surface area contributed by atoms with E-state index < -0.39 is 5.43 Å². The van der Waals surface area contributed by atoms with Gasteiger partial charge in [0.15, 0.2) is 0 Å². The third-order valence-electron chi connectivity index (χ3n) is 0.882. The van der Waals surface area contributed by atoms with Crippen LogP contribution in [-0.4, -0.2) is 10.4 Å². The van der Waals surface area contributed by atoms with Gasteiger partial charge in [0.1, 0.15) is 0 Å². The van der Waals surface area contributed by atoms with Gasteiger partial charge in [0.05, 0.1) is 0 Å². The van der Waals surface area contributed by atoms with Crippen molar-refractivity contribution >= 4 is 28.6 Å². The Labute approximate surface area is 72.9 Å². The Balaban J connectivity index is 2.79. The third kappa shape index (κ3) is 2.74. The molecule has 0 aliphatic carbocycles. The number of aromatic nitrogens is 1. The van der Waals surface area contributed by atoms with Crippen LogP contribution in [0.25, 0.3) is 0 Å². The molecule has 0 amide bonds. The van der Waals surface area contributed by atoms with Crippen molar-refractivity contribution in [2.24, 2.45) is 0 Å². The molecule has 0 spiro atoms. The number of carbonyl (C=O) groups excluding carboxylic acids is 1. The fourth-order valence-electron chi connectivity index (χ4n) is 0.523. The average molecular weight is 192 g/mol. The van der Waals surface area contributed by atoms with Gasteiger partial charge in [-0.15, -0.1) is 0 Å². The maximum atomic E-state index is 10.2. The van der Waals surface area contributed by atoms with Crippen molar-refractivity contribution in [1.29, 1.82) is 0 Å². The molecule has 1 heterocycles. The van der Waals surface area contributed by atoms with Crippen LogP contribution in [0.4, 0.5) is 4.79 Å². The third-order valence-corrected chi connectivity index (χ3v) is 1.19. The zero-order valence-electron chi connectivity index (χ0n) is 5.25. The first-order chi connectivity index (χ1) is 5.18. The van der Waals surface area contributed by atoms with Gasteiger partial charge in [-0.1, -0.05) is 11.6 Å². The van der Waals surface area contributed by atoms with E-state index in [0.29, 0.717) is 5.02 Å². The second kappa shape index (κ2) is 3.55. The number of halogens is 2. The molecular formula is C6H3Cl2NO2. The minimum absolute atomic E-state index is 0.0949. The Hall–Kier alpha value is -0.800. The van der Waals surface area contributed by atoms with E-state index in [0.717, 1.165) is 0 Å².